The molecule has 3 amide bonds. The number of hydrogen-bond acceptors (Lipinski definition) is 6. The summed E-state index contributed by atoms with van der Waals surface area (Å²) in [6, 6.07) is 16.5. The zero-order chi connectivity index (χ0) is 28.0. The monoisotopic (exact) mass is 535 g/mol. The van der Waals surface area contributed by atoms with Gasteiger partial charge < -0.3 is 31.4 Å². The summed E-state index contributed by atoms with van der Waals surface area (Å²) < 4.78 is 0. The summed E-state index contributed by atoms with van der Waals surface area (Å²) in [5, 5.41) is 8.81. The molecule has 3 rings (SSSR count). The Morgan fingerprint density at radius 3 is 2.18 bits per heavy atom. The number of amides is 3. The molecule has 1 fully saturated rings. The average molecular weight is 536 g/mol. The number of carbonyl (C=O) groups excluding carboxylic acids is 4. The van der Waals surface area contributed by atoms with Crippen molar-refractivity contribution in [3.8, 4) is 0 Å². The highest BCUT2D eigenvalue weighted by atomic mass is 16.2. The Morgan fingerprint density at radius 2 is 1.59 bits per heavy atom. The van der Waals surface area contributed by atoms with Crippen molar-refractivity contribution in [1.29, 1.82) is 0 Å². The number of unbranched alkanes of at least 4 members (excludes halogenated alkanes) is 1. The SMILES string of the molecule is CN[C@@H](Cc1ccccc1)C(=O)N[C@@H](CCCCN)C(=O)N1CCC[C@H]1C(=O)N[C@H](C=O)Cc1ccccc1. The number of likely N-dealkylation sites (N-methyl/N-ethyl adjacent to an activating group) is 1. The topological polar surface area (TPSA) is 134 Å². The maximum atomic E-state index is 13.7. The lowest BCUT2D eigenvalue weighted by atomic mass is 10.0. The minimum absolute atomic E-state index is 0.267. The molecule has 0 aliphatic carbocycles. The Bertz CT molecular complexity index is 1070. The zero-order valence-corrected chi connectivity index (χ0v) is 22.7. The van der Waals surface area contributed by atoms with Gasteiger partial charge in [0, 0.05) is 6.54 Å². The highest BCUT2D eigenvalue weighted by Crippen LogP contribution is 2.20. The summed E-state index contributed by atoms with van der Waals surface area (Å²) in [6.07, 6.45) is 4.59. The lowest BCUT2D eigenvalue weighted by Gasteiger charge is -2.30. The van der Waals surface area contributed by atoms with Gasteiger partial charge in [-0.15, -0.1) is 0 Å². The van der Waals surface area contributed by atoms with Crippen LogP contribution in [0.25, 0.3) is 0 Å². The van der Waals surface area contributed by atoms with E-state index in [0.717, 1.165) is 23.8 Å². The summed E-state index contributed by atoms with van der Waals surface area (Å²) in [6.45, 7) is 0.912. The molecule has 1 aliphatic rings. The Hall–Kier alpha value is -3.56. The number of aldehydes is 1. The number of nitrogens with one attached hydrogen (secondary N) is 3. The third-order valence-electron chi connectivity index (χ3n) is 7.14. The Labute approximate surface area is 230 Å². The molecule has 0 unspecified atom stereocenters. The zero-order valence-electron chi connectivity index (χ0n) is 22.7. The number of rotatable bonds is 15. The van der Waals surface area contributed by atoms with Crippen LogP contribution in [-0.2, 0) is 32.0 Å². The minimum Gasteiger partial charge on any atom is -0.344 e. The van der Waals surface area contributed by atoms with E-state index >= 15 is 0 Å². The first-order chi connectivity index (χ1) is 19.0. The predicted octanol–water partition coefficient (Wildman–Crippen LogP) is 1.35. The number of carbonyl (C=O) groups is 4. The molecule has 0 spiro atoms. The smallest absolute Gasteiger partial charge is 0.245 e. The van der Waals surface area contributed by atoms with Crippen LogP contribution in [0.1, 0.15) is 43.2 Å². The van der Waals surface area contributed by atoms with Crippen molar-refractivity contribution in [2.75, 3.05) is 20.1 Å². The largest absolute Gasteiger partial charge is 0.344 e. The molecule has 0 radical (unpaired) electrons. The molecule has 9 nitrogen and oxygen atoms in total. The van der Waals surface area contributed by atoms with Gasteiger partial charge in [0.05, 0.1) is 12.1 Å². The van der Waals surface area contributed by atoms with Crippen LogP contribution in [0.15, 0.2) is 60.7 Å². The third kappa shape index (κ3) is 9.01. The van der Waals surface area contributed by atoms with E-state index in [1.54, 1.807) is 11.9 Å². The molecule has 5 N–H and O–H groups in total. The first kappa shape index (κ1) is 30.0. The lowest BCUT2D eigenvalue weighted by Crippen LogP contribution is -2.57. The van der Waals surface area contributed by atoms with Crippen LogP contribution >= 0.6 is 0 Å². The molecule has 1 heterocycles. The van der Waals surface area contributed by atoms with Crippen molar-refractivity contribution in [2.45, 2.75) is 69.1 Å². The van der Waals surface area contributed by atoms with E-state index in [0.29, 0.717) is 51.6 Å². The van der Waals surface area contributed by atoms with Crippen molar-refractivity contribution in [3.63, 3.8) is 0 Å². The number of benzene rings is 2. The number of likely N-dealkylation sites (tertiary alicyclic amines) is 1. The number of hydrogen-bond donors (Lipinski definition) is 4. The van der Waals surface area contributed by atoms with Crippen LogP contribution in [0.3, 0.4) is 0 Å². The first-order valence-corrected chi connectivity index (χ1v) is 13.8. The van der Waals surface area contributed by atoms with Crippen LogP contribution in [0.5, 0.6) is 0 Å². The van der Waals surface area contributed by atoms with Crippen LogP contribution in [0, 0.1) is 0 Å². The molecule has 4 atom stereocenters. The molecule has 2 aromatic rings. The predicted molar refractivity (Wildman–Crippen MR) is 151 cm³/mol. The van der Waals surface area contributed by atoms with Crippen LogP contribution in [0.4, 0.5) is 0 Å². The second-order valence-electron chi connectivity index (χ2n) is 10.0. The maximum Gasteiger partial charge on any atom is 0.245 e. The molecule has 1 aliphatic heterocycles. The van der Waals surface area contributed by atoms with E-state index in [4.69, 9.17) is 5.73 Å². The van der Waals surface area contributed by atoms with Gasteiger partial charge in [-0.25, -0.2) is 0 Å². The van der Waals surface area contributed by atoms with Gasteiger partial charge in [0.2, 0.25) is 17.7 Å². The standard InChI is InChI=1S/C30H41N5O4/c1-32-26(20-23-13-6-3-7-14-23)28(37)34-25(15-8-9-17-31)30(39)35-18-10-16-27(35)29(38)33-24(21-36)19-22-11-4-2-5-12-22/h2-7,11-14,21,24-27,32H,8-10,15-20,31H2,1H3,(H,33,38)(H,34,37)/t24-,25-,26-,27-/m0/s1. The van der Waals surface area contributed by atoms with E-state index in [-0.39, 0.29) is 17.7 Å². The summed E-state index contributed by atoms with van der Waals surface area (Å²) in [7, 11) is 1.72. The van der Waals surface area contributed by atoms with Crippen LogP contribution in [-0.4, -0.2) is 73.2 Å². The molecule has 0 aromatic heterocycles. The number of nitrogens with zero attached hydrogens (tertiary/aromatic N) is 1. The Morgan fingerprint density at radius 1 is 0.949 bits per heavy atom. The van der Waals surface area contributed by atoms with Gasteiger partial charge in [0.15, 0.2) is 0 Å². The highest BCUT2D eigenvalue weighted by Gasteiger charge is 2.38. The van der Waals surface area contributed by atoms with Crippen LogP contribution in [0.2, 0.25) is 0 Å². The summed E-state index contributed by atoms with van der Waals surface area (Å²) in [5.74, 6) is -0.895. The fourth-order valence-electron chi connectivity index (χ4n) is 4.98. The first-order valence-electron chi connectivity index (χ1n) is 13.8. The van der Waals surface area contributed by atoms with Crippen molar-refractivity contribution in [1.82, 2.24) is 20.9 Å². The molecule has 210 valence electrons. The highest BCUT2D eigenvalue weighted by molar-refractivity contribution is 5.94. The van der Waals surface area contributed by atoms with Crippen molar-refractivity contribution >= 4 is 24.0 Å². The van der Waals surface area contributed by atoms with Crippen molar-refractivity contribution < 1.29 is 19.2 Å². The molecule has 0 saturated carbocycles. The lowest BCUT2D eigenvalue weighted by molar-refractivity contribution is -0.142. The quantitative estimate of drug-likeness (QED) is 0.201. The molecular weight excluding hydrogens is 494 g/mol. The van der Waals surface area contributed by atoms with E-state index in [9.17, 15) is 19.2 Å². The van der Waals surface area contributed by atoms with Gasteiger partial charge >= 0.3 is 0 Å². The van der Waals surface area contributed by atoms with Crippen LogP contribution < -0.4 is 21.7 Å². The fraction of sp³-hybridized carbons (Fsp3) is 0.467. The summed E-state index contributed by atoms with van der Waals surface area (Å²) >= 11 is 0. The maximum absolute atomic E-state index is 13.7. The Kier molecular flexibility index (Phi) is 12.1. The molecular formula is C30H41N5O4. The summed E-state index contributed by atoms with van der Waals surface area (Å²) in [4.78, 5) is 53.4. The second kappa shape index (κ2) is 15.8. The Balaban J connectivity index is 1.67. The van der Waals surface area contributed by atoms with Gasteiger partial charge in [-0.1, -0.05) is 60.7 Å². The molecule has 2 aromatic carbocycles. The minimum atomic E-state index is -0.768. The van der Waals surface area contributed by atoms with E-state index in [2.05, 4.69) is 16.0 Å². The third-order valence-corrected chi connectivity index (χ3v) is 7.14. The molecule has 9 heteroatoms. The van der Waals surface area contributed by atoms with E-state index < -0.39 is 24.2 Å². The second-order valence-corrected chi connectivity index (χ2v) is 10.0. The summed E-state index contributed by atoms with van der Waals surface area (Å²) in [5.41, 5.74) is 7.62. The van der Waals surface area contributed by atoms with E-state index in [1.165, 1.54) is 0 Å². The average Bonchev–Trinajstić information content (AvgIpc) is 3.46. The molecule has 39 heavy (non-hydrogen) atoms. The molecule has 1 saturated heterocycles. The van der Waals surface area contributed by atoms with Crippen molar-refractivity contribution in [3.05, 3.63) is 71.8 Å². The fourth-order valence-corrected chi connectivity index (χ4v) is 4.98. The normalized spacial score (nSPS) is 17.2. The molecule has 0 bridgehead atoms. The van der Waals surface area contributed by atoms with Crippen molar-refractivity contribution in [2.24, 2.45) is 5.73 Å². The van der Waals surface area contributed by atoms with Gasteiger partial charge in [-0.05, 0) is 69.7 Å². The van der Waals surface area contributed by atoms with E-state index in [1.807, 2.05) is 60.7 Å². The van der Waals surface area contributed by atoms with Gasteiger partial charge in [0.1, 0.15) is 18.4 Å². The van der Waals surface area contributed by atoms with Gasteiger partial charge in [-0.2, -0.15) is 0 Å². The number of nitrogens with two attached hydrogens (primary N) is 1. The van der Waals surface area contributed by atoms with Gasteiger partial charge in [0.25, 0.3) is 0 Å². The van der Waals surface area contributed by atoms with Gasteiger partial charge in [-0.3, -0.25) is 14.4 Å².